The highest BCUT2D eigenvalue weighted by Gasteiger charge is 2.36. The van der Waals surface area contributed by atoms with Gasteiger partial charge in [0.1, 0.15) is 5.82 Å². The fourth-order valence-corrected chi connectivity index (χ4v) is 5.15. The number of piperidine rings is 1. The normalized spacial score (nSPS) is 20.1. The van der Waals surface area contributed by atoms with Crippen molar-refractivity contribution in [3.63, 3.8) is 0 Å². The summed E-state index contributed by atoms with van der Waals surface area (Å²) in [5.41, 5.74) is 0.187. The zero-order valence-electron chi connectivity index (χ0n) is 17.4. The van der Waals surface area contributed by atoms with Crippen LogP contribution in [0.3, 0.4) is 0 Å². The summed E-state index contributed by atoms with van der Waals surface area (Å²) in [7, 11) is 0. The molecule has 3 heterocycles. The van der Waals surface area contributed by atoms with Crippen molar-refractivity contribution in [2.24, 2.45) is 5.92 Å². The molecule has 1 aromatic carbocycles. The quantitative estimate of drug-likeness (QED) is 0.544. The van der Waals surface area contributed by atoms with Crippen LogP contribution in [0.2, 0.25) is 10.0 Å². The molecule has 2 aliphatic heterocycles. The average Bonchev–Trinajstić information content (AvgIpc) is 3.22. The molecule has 9 heteroatoms. The van der Waals surface area contributed by atoms with Gasteiger partial charge in [-0.15, -0.1) is 0 Å². The molecule has 1 unspecified atom stereocenters. The number of hydrogen-bond donors (Lipinski definition) is 0. The molecule has 1 amide bonds. The Morgan fingerprint density at radius 2 is 1.78 bits per heavy atom. The molecule has 172 valence electrons. The molecule has 1 atom stereocenters. The van der Waals surface area contributed by atoms with Crippen molar-refractivity contribution in [3.8, 4) is 0 Å². The van der Waals surface area contributed by atoms with Gasteiger partial charge < -0.3 is 9.80 Å². The van der Waals surface area contributed by atoms with Crippen LogP contribution >= 0.6 is 23.2 Å². The second-order valence-electron chi connectivity index (χ2n) is 8.41. The molecular formula is C23H24Cl2F3N3O. The Morgan fingerprint density at radius 3 is 2.44 bits per heavy atom. The number of carbonyl (C=O) groups excluding carboxylic acids is 1. The highest BCUT2D eigenvalue weighted by atomic mass is 35.5. The minimum absolute atomic E-state index is 0.0241. The van der Waals surface area contributed by atoms with Gasteiger partial charge in [-0.3, -0.25) is 4.79 Å². The van der Waals surface area contributed by atoms with Crippen LogP contribution in [-0.2, 0) is 17.4 Å². The van der Waals surface area contributed by atoms with Crippen molar-refractivity contribution in [1.82, 2.24) is 9.88 Å². The summed E-state index contributed by atoms with van der Waals surface area (Å²) < 4.78 is 38.6. The lowest BCUT2D eigenvalue weighted by atomic mass is 9.94. The Bertz CT molecular complexity index is 977. The predicted molar refractivity (Wildman–Crippen MR) is 119 cm³/mol. The summed E-state index contributed by atoms with van der Waals surface area (Å²) in [6.07, 6.45) is 0.244. The number of likely N-dealkylation sites (tertiary alicyclic amines) is 1. The van der Waals surface area contributed by atoms with E-state index in [2.05, 4.69) is 4.98 Å². The molecule has 4 rings (SSSR count). The van der Waals surface area contributed by atoms with Crippen molar-refractivity contribution in [3.05, 3.63) is 57.7 Å². The van der Waals surface area contributed by atoms with E-state index in [4.69, 9.17) is 23.2 Å². The minimum atomic E-state index is -4.48. The molecule has 0 spiro atoms. The lowest BCUT2D eigenvalue weighted by Gasteiger charge is -2.36. The summed E-state index contributed by atoms with van der Waals surface area (Å²) >= 11 is 12.4. The van der Waals surface area contributed by atoms with Crippen LogP contribution in [0.25, 0.3) is 0 Å². The van der Waals surface area contributed by atoms with Crippen LogP contribution in [0.1, 0.15) is 36.8 Å². The summed E-state index contributed by atoms with van der Waals surface area (Å²) in [4.78, 5) is 21.1. The molecule has 2 aromatic rings. The number of rotatable bonds is 4. The highest BCUT2D eigenvalue weighted by molar-refractivity contribution is 6.33. The number of nitrogens with zero attached hydrogens (tertiary/aromatic N) is 3. The van der Waals surface area contributed by atoms with Crippen LogP contribution < -0.4 is 4.90 Å². The average molecular weight is 486 g/mol. The van der Waals surface area contributed by atoms with Crippen LogP contribution in [0, 0.1) is 5.92 Å². The van der Waals surface area contributed by atoms with E-state index < -0.39 is 11.7 Å². The third-order valence-electron chi connectivity index (χ3n) is 6.37. The van der Waals surface area contributed by atoms with E-state index in [0.717, 1.165) is 48.7 Å². The maximum absolute atomic E-state index is 13.3. The number of benzene rings is 1. The predicted octanol–water partition coefficient (Wildman–Crippen LogP) is 5.86. The molecule has 32 heavy (non-hydrogen) atoms. The number of anilines is 1. The van der Waals surface area contributed by atoms with E-state index in [0.29, 0.717) is 31.7 Å². The number of alkyl halides is 3. The number of hydrogen-bond acceptors (Lipinski definition) is 3. The van der Waals surface area contributed by atoms with Gasteiger partial charge in [0.25, 0.3) is 0 Å². The van der Waals surface area contributed by atoms with E-state index in [1.54, 1.807) is 0 Å². The van der Waals surface area contributed by atoms with Gasteiger partial charge in [0.15, 0.2) is 0 Å². The van der Waals surface area contributed by atoms with Crippen molar-refractivity contribution in [1.29, 1.82) is 0 Å². The van der Waals surface area contributed by atoms with Gasteiger partial charge in [-0.1, -0.05) is 41.4 Å². The lowest BCUT2D eigenvalue weighted by Crippen LogP contribution is -2.45. The van der Waals surface area contributed by atoms with Crippen LogP contribution in [0.15, 0.2) is 36.5 Å². The van der Waals surface area contributed by atoms with Crippen molar-refractivity contribution in [2.75, 3.05) is 24.5 Å². The van der Waals surface area contributed by atoms with E-state index in [1.165, 1.54) is 0 Å². The van der Waals surface area contributed by atoms with Gasteiger partial charge in [0.2, 0.25) is 5.91 Å². The second-order valence-corrected chi connectivity index (χ2v) is 9.23. The summed E-state index contributed by atoms with van der Waals surface area (Å²) in [5.74, 6) is 0.389. The fourth-order valence-electron chi connectivity index (χ4n) is 4.65. The molecule has 1 aromatic heterocycles. The smallest absolute Gasteiger partial charge is 0.355 e. The molecule has 0 radical (unpaired) electrons. The first-order valence-electron chi connectivity index (χ1n) is 10.8. The third-order valence-corrected chi connectivity index (χ3v) is 7.01. The van der Waals surface area contributed by atoms with Crippen LogP contribution in [0.5, 0.6) is 0 Å². The van der Waals surface area contributed by atoms with Crippen molar-refractivity contribution < 1.29 is 18.0 Å². The summed E-state index contributed by atoms with van der Waals surface area (Å²) in [6.45, 7) is 1.80. The minimum Gasteiger partial charge on any atom is -0.355 e. The second kappa shape index (κ2) is 9.48. The molecule has 2 aliphatic rings. The van der Waals surface area contributed by atoms with E-state index in [-0.39, 0.29) is 22.9 Å². The Hall–Kier alpha value is -1.99. The van der Waals surface area contributed by atoms with E-state index >= 15 is 0 Å². The molecule has 0 bridgehead atoms. The largest absolute Gasteiger partial charge is 0.417 e. The monoisotopic (exact) mass is 485 g/mol. The number of aromatic nitrogens is 1. The first-order chi connectivity index (χ1) is 15.2. The lowest BCUT2D eigenvalue weighted by molar-refractivity contribution is -0.138. The van der Waals surface area contributed by atoms with Crippen molar-refractivity contribution in [2.45, 2.75) is 44.3 Å². The van der Waals surface area contributed by atoms with Gasteiger partial charge >= 0.3 is 6.18 Å². The van der Waals surface area contributed by atoms with E-state index in [9.17, 15) is 18.0 Å². The van der Waals surface area contributed by atoms with Crippen LogP contribution in [-0.4, -0.2) is 41.5 Å². The zero-order valence-corrected chi connectivity index (χ0v) is 18.9. The third kappa shape index (κ3) is 4.99. The SMILES string of the molecule is O=C(C1CCN(c2ncc(C(F)(F)F)cc2Cl)CC1)N1CCCC1Cc1ccccc1Cl. The van der Waals surface area contributed by atoms with Gasteiger partial charge in [0, 0.05) is 42.8 Å². The molecule has 0 aliphatic carbocycles. The van der Waals surface area contributed by atoms with Gasteiger partial charge in [-0.2, -0.15) is 13.2 Å². The topological polar surface area (TPSA) is 36.4 Å². The maximum atomic E-state index is 13.3. The first-order valence-corrected chi connectivity index (χ1v) is 11.5. The number of halogens is 5. The Labute approximate surface area is 195 Å². The molecule has 2 fully saturated rings. The number of pyridine rings is 1. The molecule has 0 saturated carbocycles. The Balaban J connectivity index is 1.38. The standard InChI is InChI=1S/C23H24Cl2F3N3O/c24-19-6-2-1-4-16(19)12-18-5-3-9-31(18)22(32)15-7-10-30(11-8-15)21-20(25)13-17(14-29-21)23(26,27)28/h1-2,4,6,13-15,18H,3,5,7-12H2. The first kappa shape index (κ1) is 23.2. The Kier molecular flexibility index (Phi) is 6.86. The Morgan fingerprint density at radius 1 is 1.06 bits per heavy atom. The van der Waals surface area contributed by atoms with Crippen molar-refractivity contribution >= 4 is 34.9 Å². The molecule has 2 saturated heterocycles. The molecule has 0 N–H and O–H groups in total. The van der Waals surface area contributed by atoms with Crippen LogP contribution in [0.4, 0.5) is 19.0 Å². The highest BCUT2D eigenvalue weighted by Crippen LogP contribution is 2.35. The molecular weight excluding hydrogens is 462 g/mol. The number of amides is 1. The summed E-state index contributed by atoms with van der Waals surface area (Å²) in [6, 6.07) is 8.78. The van der Waals surface area contributed by atoms with E-state index in [1.807, 2.05) is 34.1 Å². The fraction of sp³-hybridized carbons (Fsp3) is 0.478. The molecule has 4 nitrogen and oxygen atoms in total. The van der Waals surface area contributed by atoms with Gasteiger partial charge in [-0.25, -0.2) is 4.98 Å². The zero-order chi connectivity index (χ0) is 22.9. The number of carbonyl (C=O) groups is 1. The van der Waals surface area contributed by atoms with Gasteiger partial charge in [-0.05, 0) is 49.8 Å². The van der Waals surface area contributed by atoms with Gasteiger partial charge in [0.05, 0.1) is 10.6 Å². The maximum Gasteiger partial charge on any atom is 0.417 e. The summed E-state index contributed by atoms with van der Waals surface area (Å²) in [5, 5.41) is 0.699.